The van der Waals surface area contributed by atoms with Crippen LogP contribution in [0.3, 0.4) is 0 Å². The summed E-state index contributed by atoms with van der Waals surface area (Å²) in [6.07, 6.45) is 4.77. The normalized spacial score (nSPS) is 14.3. The number of carbonyl (C=O) groups is 2. The average Bonchev–Trinajstić information content (AvgIpc) is 2.82. The van der Waals surface area contributed by atoms with Crippen molar-refractivity contribution in [2.45, 2.75) is 85.0 Å². The quantitative estimate of drug-likeness (QED) is 0.495. The second-order valence-electron chi connectivity index (χ2n) is 11.0. The van der Waals surface area contributed by atoms with Gasteiger partial charge in [-0.25, -0.2) is 9.78 Å². The van der Waals surface area contributed by atoms with E-state index in [2.05, 4.69) is 14.7 Å². The Morgan fingerprint density at radius 2 is 1.73 bits per heavy atom. The van der Waals surface area contributed by atoms with Crippen molar-refractivity contribution in [1.82, 2.24) is 14.9 Å². The molecule has 1 aliphatic heterocycles. The summed E-state index contributed by atoms with van der Waals surface area (Å²) in [4.78, 5) is 32.1. The van der Waals surface area contributed by atoms with E-state index in [1.54, 1.807) is 4.90 Å². The van der Waals surface area contributed by atoms with Gasteiger partial charge in [0.25, 0.3) is 12.4 Å². The molecule has 0 atom stereocenters. The van der Waals surface area contributed by atoms with Crippen molar-refractivity contribution in [2.24, 2.45) is 5.92 Å². The number of piperidine rings is 1. The molecule has 0 unspecified atom stereocenters. The van der Waals surface area contributed by atoms with Gasteiger partial charge < -0.3 is 24.2 Å². The Labute approximate surface area is 220 Å². The number of likely N-dealkylation sites (tertiary alicyclic amines) is 1. The molecule has 37 heavy (non-hydrogen) atoms. The number of carbonyl (C=O) groups excluding carboxylic acids is 2. The standard InChI is InChI=1S/C23H31N3O4.C5H10O2/c1-23(2,3)30-22(28)26-13-11-17(12-14-26)9-10-20-24-15-19(21(27)25-20)29-16-18-7-5-4-6-8-18;1-5(2,3)7-4-6/h4-8,15,17H,9-14,16H2,1-3H3,(H,24,25,27);4H,1-3H3. The summed E-state index contributed by atoms with van der Waals surface area (Å²) in [5.74, 6) is 1.27. The van der Waals surface area contributed by atoms with E-state index in [0.717, 1.165) is 24.8 Å². The Balaban J connectivity index is 0.000000604. The van der Waals surface area contributed by atoms with E-state index in [-0.39, 0.29) is 23.3 Å². The summed E-state index contributed by atoms with van der Waals surface area (Å²) < 4.78 is 15.6. The number of benzene rings is 1. The van der Waals surface area contributed by atoms with E-state index in [0.29, 0.717) is 44.3 Å². The lowest BCUT2D eigenvalue weighted by Crippen LogP contribution is -2.41. The van der Waals surface area contributed by atoms with Gasteiger partial charge >= 0.3 is 6.09 Å². The van der Waals surface area contributed by atoms with E-state index in [4.69, 9.17) is 9.47 Å². The minimum atomic E-state index is -0.468. The fraction of sp³-hybridized carbons (Fsp3) is 0.571. The highest BCUT2D eigenvalue weighted by atomic mass is 16.6. The van der Waals surface area contributed by atoms with Crippen molar-refractivity contribution in [3.8, 4) is 11.6 Å². The van der Waals surface area contributed by atoms with Gasteiger partial charge in [0.05, 0.1) is 6.20 Å². The van der Waals surface area contributed by atoms with Crippen molar-refractivity contribution >= 4 is 12.6 Å². The van der Waals surface area contributed by atoms with Crippen LogP contribution in [0.5, 0.6) is 11.6 Å². The van der Waals surface area contributed by atoms with Crippen molar-refractivity contribution in [2.75, 3.05) is 13.1 Å². The van der Waals surface area contributed by atoms with E-state index in [1.165, 1.54) is 6.20 Å². The lowest BCUT2D eigenvalue weighted by Gasteiger charge is -2.33. The number of hydrogen-bond donors (Lipinski definition) is 1. The Morgan fingerprint density at radius 1 is 1.08 bits per heavy atom. The lowest BCUT2D eigenvalue weighted by atomic mass is 9.92. The van der Waals surface area contributed by atoms with Crippen LogP contribution in [-0.4, -0.2) is 56.8 Å². The fourth-order valence-electron chi connectivity index (χ4n) is 3.56. The maximum absolute atomic E-state index is 12.2. The number of rotatable bonds is 7. The first kappa shape index (κ1) is 29.9. The molecule has 1 amide bonds. The maximum Gasteiger partial charge on any atom is 0.410 e. The summed E-state index contributed by atoms with van der Waals surface area (Å²) in [7, 11) is 0. The molecule has 3 rings (SSSR count). The Hall–Kier alpha value is -3.36. The minimum absolute atomic E-state index is 0.129. The first-order valence-electron chi connectivity index (χ1n) is 12.7. The summed E-state index contributed by atoms with van der Waals surface area (Å²) in [6.45, 7) is 13.3. The zero-order chi connectivity index (χ0) is 27.5. The van der Waals surface area contributed by atoms with Gasteiger partial charge in [0.1, 0.15) is 23.6 Å². The van der Waals surface area contributed by atoms with Crippen molar-refractivity contribution in [1.29, 1.82) is 0 Å². The molecule has 1 saturated heterocycles. The topological polar surface area (TPSA) is 111 Å². The van der Waals surface area contributed by atoms with Crippen LogP contribution in [0.1, 0.15) is 72.2 Å². The Bertz CT molecular complexity index is 978. The predicted octanol–water partition coefficient (Wildman–Crippen LogP) is 5.30. The van der Waals surface area contributed by atoms with Crippen LogP contribution >= 0.6 is 0 Å². The molecule has 1 aromatic heterocycles. The van der Waals surface area contributed by atoms with Crippen LogP contribution in [0.25, 0.3) is 0 Å². The molecule has 1 N–H and O–H groups in total. The van der Waals surface area contributed by atoms with Crippen LogP contribution in [0.4, 0.5) is 4.79 Å². The number of aryl methyl sites for hydroxylation is 1. The third kappa shape index (κ3) is 11.9. The largest absolute Gasteiger partial charge is 0.491 e. The van der Waals surface area contributed by atoms with E-state index in [9.17, 15) is 14.7 Å². The second-order valence-corrected chi connectivity index (χ2v) is 11.0. The molecule has 2 aromatic rings. The van der Waals surface area contributed by atoms with Gasteiger partial charge in [-0.15, -0.1) is 0 Å². The molecule has 1 aromatic carbocycles. The third-order valence-corrected chi connectivity index (χ3v) is 5.47. The molecule has 1 fully saturated rings. The smallest absolute Gasteiger partial charge is 0.410 e. The molecule has 0 bridgehead atoms. The molecular formula is C28H41N3O6. The van der Waals surface area contributed by atoms with Gasteiger partial charge in [-0.05, 0) is 72.3 Å². The van der Waals surface area contributed by atoms with Crippen molar-refractivity contribution in [3.05, 3.63) is 47.9 Å². The van der Waals surface area contributed by atoms with Crippen LogP contribution < -0.4 is 4.74 Å². The van der Waals surface area contributed by atoms with Crippen LogP contribution in [-0.2, 0) is 27.3 Å². The van der Waals surface area contributed by atoms with Gasteiger partial charge in [0, 0.05) is 19.5 Å². The fourth-order valence-corrected chi connectivity index (χ4v) is 3.56. The second kappa shape index (κ2) is 13.8. The van der Waals surface area contributed by atoms with Gasteiger partial charge in [-0.3, -0.25) is 4.79 Å². The summed E-state index contributed by atoms with van der Waals surface area (Å²) in [6, 6.07) is 9.74. The zero-order valence-electron chi connectivity index (χ0n) is 22.9. The third-order valence-electron chi connectivity index (χ3n) is 5.47. The molecule has 2 heterocycles. The molecule has 0 saturated carbocycles. The van der Waals surface area contributed by atoms with Crippen LogP contribution in [0.2, 0.25) is 0 Å². The van der Waals surface area contributed by atoms with Crippen molar-refractivity contribution in [3.63, 3.8) is 0 Å². The molecule has 0 radical (unpaired) electrons. The zero-order valence-corrected chi connectivity index (χ0v) is 22.9. The summed E-state index contributed by atoms with van der Waals surface area (Å²) in [5, 5.41) is 10.2. The number of nitrogens with zero attached hydrogens (tertiary/aromatic N) is 3. The highest BCUT2D eigenvalue weighted by Gasteiger charge is 2.26. The number of hydrogen-bond acceptors (Lipinski definition) is 8. The summed E-state index contributed by atoms with van der Waals surface area (Å²) >= 11 is 0. The number of aromatic hydroxyl groups is 1. The molecular weight excluding hydrogens is 474 g/mol. The van der Waals surface area contributed by atoms with Gasteiger partial charge in [0.2, 0.25) is 0 Å². The molecule has 0 spiro atoms. The highest BCUT2D eigenvalue weighted by Crippen LogP contribution is 2.26. The first-order valence-corrected chi connectivity index (χ1v) is 12.7. The molecule has 1 aliphatic rings. The monoisotopic (exact) mass is 515 g/mol. The maximum atomic E-state index is 12.2. The number of amides is 1. The van der Waals surface area contributed by atoms with E-state index in [1.807, 2.05) is 71.9 Å². The van der Waals surface area contributed by atoms with Crippen LogP contribution in [0.15, 0.2) is 36.5 Å². The van der Waals surface area contributed by atoms with E-state index >= 15 is 0 Å². The van der Waals surface area contributed by atoms with Crippen LogP contribution in [0, 0.1) is 5.92 Å². The molecule has 9 nitrogen and oxygen atoms in total. The first-order chi connectivity index (χ1) is 17.4. The van der Waals surface area contributed by atoms with Gasteiger partial charge in [-0.2, -0.15) is 4.98 Å². The van der Waals surface area contributed by atoms with E-state index < -0.39 is 5.60 Å². The van der Waals surface area contributed by atoms with Crippen molar-refractivity contribution < 1.29 is 28.9 Å². The highest BCUT2D eigenvalue weighted by molar-refractivity contribution is 5.68. The molecule has 204 valence electrons. The Morgan fingerprint density at radius 3 is 2.24 bits per heavy atom. The lowest BCUT2D eigenvalue weighted by molar-refractivity contribution is -0.138. The van der Waals surface area contributed by atoms with Gasteiger partial charge in [0.15, 0.2) is 5.75 Å². The SMILES string of the molecule is CC(C)(C)OC(=O)N1CCC(CCc2ncc(OCc3ccccc3)c(O)n2)CC1.CC(C)(C)OC=O. The predicted molar refractivity (Wildman–Crippen MR) is 140 cm³/mol. The minimum Gasteiger partial charge on any atom is -0.491 e. The average molecular weight is 516 g/mol. The molecule has 9 heteroatoms. The Kier molecular flexibility index (Phi) is 11.1. The number of aromatic nitrogens is 2. The molecule has 0 aliphatic carbocycles. The summed E-state index contributed by atoms with van der Waals surface area (Å²) in [5.41, 5.74) is 0.227. The van der Waals surface area contributed by atoms with Gasteiger partial charge in [-0.1, -0.05) is 30.3 Å². The number of ether oxygens (including phenoxy) is 3.